The Morgan fingerprint density at radius 2 is 1.64 bits per heavy atom. The van der Waals surface area contributed by atoms with Crippen LogP contribution in [-0.2, 0) is 9.59 Å². The molecule has 0 N–H and O–H groups in total. The molecule has 0 radical (unpaired) electrons. The van der Waals surface area contributed by atoms with Crippen molar-refractivity contribution in [1.29, 1.82) is 0 Å². The summed E-state index contributed by atoms with van der Waals surface area (Å²) >= 11 is 0. The second-order valence-electron chi connectivity index (χ2n) is 8.31. The molecule has 1 aliphatic heterocycles. The summed E-state index contributed by atoms with van der Waals surface area (Å²) < 4.78 is 0. The molecule has 2 atom stereocenters. The van der Waals surface area contributed by atoms with Gasteiger partial charge in [-0.05, 0) is 50.3 Å². The number of hydrogen-bond donors (Lipinski definition) is 0. The average molecular weight is 386 g/mol. The first kappa shape index (κ1) is 20.7. The van der Waals surface area contributed by atoms with Crippen molar-refractivity contribution in [3.63, 3.8) is 0 Å². The first-order chi connectivity index (χ1) is 13.5. The van der Waals surface area contributed by atoms with E-state index in [1.54, 1.807) is 0 Å². The molecule has 2 amide bonds. The number of nitrogens with zero attached hydrogens (tertiary/aromatic N) is 3. The van der Waals surface area contributed by atoms with Gasteiger partial charge < -0.3 is 14.7 Å². The van der Waals surface area contributed by atoms with Gasteiger partial charge in [0, 0.05) is 45.0 Å². The lowest BCUT2D eigenvalue weighted by Crippen LogP contribution is -2.49. The molecule has 5 heteroatoms. The van der Waals surface area contributed by atoms with Gasteiger partial charge in [-0.2, -0.15) is 0 Å². The zero-order valence-corrected chi connectivity index (χ0v) is 17.9. The molecule has 154 valence electrons. The summed E-state index contributed by atoms with van der Waals surface area (Å²) in [4.78, 5) is 32.0. The minimum atomic E-state index is -0.0871. The maximum atomic E-state index is 12.9. The monoisotopic (exact) mass is 385 g/mol. The zero-order chi connectivity index (χ0) is 20.3. The lowest BCUT2D eigenvalue weighted by atomic mass is 10.1. The molecule has 1 heterocycles. The number of anilines is 1. The van der Waals surface area contributed by atoms with Crippen LogP contribution in [0.4, 0.5) is 5.69 Å². The van der Waals surface area contributed by atoms with Gasteiger partial charge in [0.15, 0.2) is 0 Å². The van der Waals surface area contributed by atoms with E-state index in [-0.39, 0.29) is 23.7 Å². The highest BCUT2D eigenvalue weighted by molar-refractivity contribution is 5.92. The molecule has 1 aliphatic carbocycles. The SMILES string of the molecule is CCCN(CCC)C(=O)C1CC1C(=O)N1CCN(c2cccc(C)c2C)CC1. The summed E-state index contributed by atoms with van der Waals surface area (Å²) in [5.74, 6) is 0.210. The first-order valence-electron chi connectivity index (χ1n) is 10.9. The highest BCUT2D eigenvalue weighted by atomic mass is 16.2. The summed E-state index contributed by atoms with van der Waals surface area (Å²) in [5, 5.41) is 0. The van der Waals surface area contributed by atoms with Crippen molar-refractivity contribution in [3.05, 3.63) is 29.3 Å². The van der Waals surface area contributed by atoms with Crippen LogP contribution in [0, 0.1) is 25.7 Å². The van der Waals surface area contributed by atoms with E-state index < -0.39 is 0 Å². The van der Waals surface area contributed by atoms with Crippen LogP contribution in [0.2, 0.25) is 0 Å². The Hall–Kier alpha value is -2.04. The molecular formula is C23H35N3O2. The molecule has 0 bridgehead atoms. The normalized spacial score (nSPS) is 21.6. The van der Waals surface area contributed by atoms with Gasteiger partial charge in [-0.15, -0.1) is 0 Å². The minimum absolute atomic E-state index is 0.0809. The van der Waals surface area contributed by atoms with Crippen LogP contribution in [0.3, 0.4) is 0 Å². The van der Waals surface area contributed by atoms with E-state index in [0.29, 0.717) is 0 Å². The van der Waals surface area contributed by atoms with E-state index >= 15 is 0 Å². The van der Waals surface area contributed by atoms with Gasteiger partial charge in [-0.1, -0.05) is 26.0 Å². The van der Waals surface area contributed by atoms with E-state index in [2.05, 4.69) is 50.8 Å². The van der Waals surface area contributed by atoms with Crippen molar-refractivity contribution in [3.8, 4) is 0 Å². The summed E-state index contributed by atoms with van der Waals surface area (Å²) in [6.07, 6.45) is 2.67. The Labute approximate surface area is 169 Å². The van der Waals surface area contributed by atoms with Gasteiger partial charge in [0.25, 0.3) is 0 Å². The maximum absolute atomic E-state index is 12.9. The molecule has 1 aromatic carbocycles. The van der Waals surface area contributed by atoms with Gasteiger partial charge in [-0.3, -0.25) is 9.59 Å². The Kier molecular flexibility index (Phi) is 6.63. The average Bonchev–Trinajstić information content (AvgIpc) is 3.50. The molecule has 28 heavy (non-hydrogen) atoms. The van der Waals surface area contributed by atoms with Gasteiger partial charge in [-0.25, -0.2) is 0 Å². The number of rotatable bonds is 7. The van der Waals surface area contributed by atoms with Gasteiger partial charge in [0.2, 0.25) is 11.8 Å². The van der Waals surface area contributed by atoms with Crippen LogP contribution in [-0.4, -0.2) is 60.9 Å². The Balaban J connectivity index is 1.53. The van der Waals surface area contributed by atoms with Crippen LogP contribution >= 0.6 is 0 Å². The molecular weight excluding hydrogens is 350 g/mol. The van der Waals surface area contributed by atoms with Crippen molar-refractivity contribution < 1.29 is 9.59 Å². The molecule has 0 aromatic heterocycles. The molecule has 2 aliphatic rings. The molecule has 1 saturated heterocycles. The van der Waals surface area contributed by atoms with Crippen LogP contribution in [0.15, 0.2) is 18.2 Å². The predicted octanol–water partition coefficient (Wildman–Crippen LogP) is 3.24. The Bertz CT molecular complexity index is 704. The zero-order valence-electron chi connectivity index (χ0n) is 17.9. The summed E-state index contributed by atoms with van der Waals surface area (Å²) in [5.41, 5.74) is 3.91. The van der Waals surface area contributed by atoms with Crippen molar-refractivity contribution >= 4 is 17.5 Å². The smallest absolute Gasteiger partial charge is 0.226 e. The third kappa shape index (κ3) is 4.34. The van der Waals surface area contributed by atoms with Crippen molar-refractivity contribution in [2.24, 2.45) is 11.8 Å². The summed E-state index contributed by atoms with van der Waals surface area (Å²) in [7, 11) is 0. The molecule has 2 unspecified atom stereocenters. The van der Waals surface area contributed by atoms with Crippen molar-refractivity contribution in [1.82, 2.24) is 9.80 Å². The first-order valence-corrected chi connectivity index (χ1v) is 10.9. The Morgan fingerprint density at radius 3 is 2.25 bits per heavy atom. The number of piperazine rings is 1. The number of hydrogen-bond acceptors (Lipinski definition) is 3. The van der Waals surface area contributed by atoms with E-state index in [9.17, 15) is 9.59 Å². The molecule has 3 rings (SSSR count). The second-order valence-corrected chi connectivity index (χ2v) is 8.31. The van der Waals surface area contributed by atoms with Gasteiger partial charge >= 0.3 is 0 Å². The van der Waals surface area contributed by atoms with Gasteiger partial charge in [0.1, 0.15) is 0 Å². The minimum Gasteiger partial charge on any atom is -0.368 e. The molecule has 0 spiro atoms. The quantitative estimate of drug-likeness (QED) is 0.724. The van der Waals surface area contributed by atoms with E-state index in [0.717, 1.165) is 58.5 Å². The van der Waals surface area contributed by atoms with Crippen LogP contribution < -0.4 is 4.90 Å². The lowest BCUT2D eigenvalue weighted by Gasteiger charge is -2.37. The topological polar surface area (TPSA) is 43.9 Å². The van der Waals surface area contributed by atoms with E-state index in [1.165, 1.54) is 16.8 Å². The van der Waals surface area contributed by atoms with Crippen LogP contribution in [0.25, 0.3) is 0 Å². The molecule has 5 nitrogen and oxygen atoms in total. The fraction of sp³-hybridized carbons (Fsp3) is 0.652. The van der Waals surface area contributed by atoms with Gasteiger partial charge in [0.05, 0.1) is 11.8 Å². The molecule has 2 fully saturated rings. The number of carbonyl (C=O) groups excluding carboxylic acids is 2. The third-order valence-electron chi connectivity index (χ3n) is 6.23. The Morgan fingerprint density at radius 1 is 1.00 bits per heavy atom. The fourth-order valence-electron chi connectivity index (χ4n) is 4.33. The predicted molar refractivity (Wildman–Crippen MR) is 113 cm³/mol. The summed E-state index contributed by atoms with van der Waals surface area (Å²) in [6.45, 7) is 13.3. The lowest BCUT2D eigenvalue weighted by molar-refractivity contribution is -0.138. The van der Waals surface area contributed by atoms with Crippen molar-refractivity contribution in [2.45, 2.75) is 47.0 Å². The van der Waals surface area contributed by atoms with Crippen molar-refractivity contribution in [2.75, 3.05) is 44.2 Å². The highest BCUT2D eigenvalue weighted by Crippen LogP contribution is 2.41. The fourth-order valence-corrected chi connectivity index (χ4v) is 4.33. The standard InChI is InChI=1S/C23H35N3O2/c1-5-10-25(11-6-2)22(27)19-16-20(19)23(28)26-14-12-24(13-15-26)21-9-7-8-17(3)18(21)4/h7-9,19-20H,5-6,10-16H2,1-4H3. The van der Waals surface area contributed by atoms with Crippen LogP contribution in [0.5, 0.6) is 0 Å². The highest BCUT2D eigenvalue weighted by Gasteiger charge is 2.50. The number of aryl methyl sites for hydroxylation is 1. The number of benzene rings is 1. The number of amides is 2. The van der Waals surface area contributed by atoms with Crippen LogP contribution in [0.1, 0.15) is 44.2 Å². The maximum Gasteiger partial charge on any atom is 0.226 e. The third-order valence-corrected chi connectivity index (χ3v) is 6.23. The van der Waals surface area contributed by atoms with E-state index in [1.807, 2.05) is 9.80 Å². The largest absolute Gasteiger partial charge is 0.368 e. The van der Waals surface area contributed by atoms with E-state index in [4.69, 9.17) is 0 Å². The summed E-state index contributed by atoms with van der Waals surface area (Å²) in [6, 6.07) is 6.42. The molecule has 1 aromatic rings. The second kappa shape index (κ2) is 8.97. The molecule has 1 saturated carbocycles. The number of carbonyl (C=O) groups is 2.